The number of nitrogens with zero attached hydrogens (tertiary/aromatic N) is 2. The van der Waals surface area contributed by atoms with Gasteiger partial charge in [-0.15, -0.1) is 0 Å². The summed E-state index contributed by atoms with van der Waals surface area (Å²) in [5.41, 5.74) is 5.27. The van der Waals surface area contributed by atoms with Crippen LogP contribution in [0.4, 0.5) is 0 Å². The topological polar surface area (TPSA) is 46.9 Å². The van der Waals surface area contributed by atoms with Crippen molar-refractivity contribution in [1.29, 1.82) is 0 Å². The molecule has 2 aromatic carbocycles. The summed E-state index contributed by atoms with van der Waals surface area (Å²) in [6.45, 7) is 0.457. The van der Waals surface area contributed by atoms with Crippen LogP contribution < -0.4 is 5.32 Å². The summed E-state index contributed by atoms with van der Waals surface area (Å²) in [4.78, 5) is 17.0. The Labute approximate surface area is 153 Å². The van der Waals surface area contributed by atoms with Gasteiger partial charge in [0.1, 0.15) is 5.82 Å². The fourth-order valence-corrected chi connectivity index (χ4v) is 3.86. The Morgan fingerprint density at radius 2 is 1.69 bits per heavy atom. The molecule has 0 fully saturated rings. The van der Waals surface area contributed by atoms with E-state index < -0.39 is 0 Å². The second kappa shape index (κ2) is 7.16. The molecule has 0 spiro atoms. The van der Waals surface area contributed by atoms with Crippen molar-refractivity contribution in [3.05, 3.63) is 89.0 Å². The van der Waals surface area contributed by atoms with E-state index in [1.165, 1.54) is 22.3 Å². The largest absolute Gasteiger partial charge is 0.349 e. The van der Waals surface area contributed by atoms with Crippen LogP contribution in [-0.4, -0.2) is 15.5 Å². The standard InChI is InChI=1S/C22H23N3O/c1-25-13-12-23-21(25)15-24-22(26)14-20-18-8-4-2-6-16(18)10-11-17-7-3-5-9-19(17)20/h2-9,12-13,20H,10-11,14-15H2,1H3,(H,24,26). The van der Waals surface area contributed by atoms with E-state index in [0.717, 1.165) is 18.7 Å². The SMILES string of the molecule is Cn1ccnc1CNC(=O)CC1c2ccccc2CCc2ccccc21. The van der Waals surface area contributed by atoms with Gasteiger partial charge in [0.25, 0.3) is 0 Å². The van der Waals surface area contributed by atoms with Crippen molar-refractivity contribution in [2.75, 3.05) is 0 Å². The summed E-state index contributed by atoms with van der Waals surface area (Å²) in [6.07, 6.45) is 6.15. The van der Waals surface area contributed by atoms with E-state index in [4.69, 9.17) is 0 Å². The number of imidazole rings is 1. The Morgan fingerprint density at radius 3 is 2.27 bits per heavy atom. The zero-order valence-corrected chi connectivity index (χ0v) is 15.0. The Kier molecular flexibility index (Phi) is 4.57. The van der Waals surface area contributed by atoms with Crippen molar-refractivity contribution < 1.29 is 4.79 Å². The molecule has 1 aromatic heterocycles. The maximum absolute atomic E-state index is 12.7. The van der Waals surface area contributed by atoms with Crippen LogP contribution in [0.15, 0.2) is 60.9 Å². The molecule has 1 N–H and O–H groups in total. The van der Waals surface area contributed by atoms with Crippen molar-refractivity contribution >= 4 is 5.91 Å². The van der Waals surface area contributed by atoms with Gasteiger partial charge in [-0.25, -0.2) is 4.98 Å². The molecule has 132 valence electrons. The lowest BCUT2D eigenvalue weighted by Gasteiger charge is -2.20. The molecule has 0 bridgehead atoms. The molecule has 0 aliphatic heterocycles. The number of benzene rings is 2. The van der Waals surface area contributed by atoms with Gasteiger partial charge < -0.3 is 9.88 Å². The molecular weight excluding hydrogens is 322 g/mol. The van der Waals surface area contributed by atoms with Crippen molar-refractivity contribution in [2.45, 2.75) is 31.7 Å². The minimum absolute atomic E-state index is 0.0597. The lowest BCUT2D eigenvalue weighted by atomic mass is 9.85. The quantitative estimate of drug-likeness (QED) is 0.788. The summed E-state index contributed by atoms with van der Waals surface area (Å²) in [5, 5.41) is 3.03. The molecule has 0 radical (unpaired) electrons. The zero-order valence-electron chi connectivity index (χ0n) is 15.0. The third-order valence-corrected chi connectivity index (χ3v) is 5.28. The number of aromatic nitrogens is 2. The van der Waals surface area contributed by atoms with Gasteiger partial charge in [0.15, 0.2) is 0 Å². The van der Waals surface area contributed by atoms with Gasteiger partial charge in [-0.1, -0.05) is 48.5 Å². The van der Waals surface area contributed by atoms with E-state index in [1.807, 2.05) is 17.8 Å². The Morgan fingerprint density at radius 1 is 1.08 bits per heavy atom. The Balaban J connectivity index is 1.58. The third-order valence-electron chi connectivity index (χ3n) is 5.28. The molecule has 4 rings (SSSR count). The summed E-state index contributed by atoms with van der Waals surface area (Å²) in [5.74, 6) is 1.02. The van der Waals surface area contributed by atoms with Crippen LogP contribution in [0.1, 0.15) is 40.4 Å². The molecule has 1 amide bonds. The van der Waals surface area contributed by atoms with Crippen molar-refractivity contribution in [2.24, 2.45) is 7.05 Å². The monoisotopic (exact) mass is 345 g/mol. The maximum atomic E-state index is 12.7. The van der Waals surface area contributed by atoms with Crippen molar-refractivity contribution in [1.82, 2.24) is 14.9 Å². The van der Waals surface area contributed by atoms with E-state index in [2.05, 4.69) is 58.8 Å². The highest BCUT2D eigenvalue weighted by Crippen LogP contribution is 2.36. The molecule has 0 atom stereocenters. The summed E-state index contributed by atoms with van der Waals surface area (Å²) in [7, 11) is 1.94. The van der Waals surface area contributed by atoms with Gasteiger partial charge in [0.05, 0.1) is 6.54 Å². The van der Waals surface area contributed by atoms with Gasteiger partial charge in [0.2, 0.25) is 5.91 Å². The number of amides is 1. The fourth-order valence-electron chi connectivity index (χ4n) is 3.86. The average Bonchev–Trinajstić information content (AvgIpc) is 3.01. The molecule has 1 aliphatic carbocycles. The van der Waals surface area contributed by atoms with E-state index in [9.17, 15) is 4.79 Å². The minimum Gasteiger partial charge on any atom is -0.349 e. The number of aryl methyl sites for hydroxylation is 3. The van der Waals surface area contributed by atoms with E-state index >= 15 is 0 Å². The zero-order chi connectivity index (χ0) is 17.9. The predicted molar refractivity (Wildman–Crippen MR) is 102 cm³/mol. The van der Waals surface area contributed by atoms with Crippen molar-refractivity contribution in [3.8, 4) is 0 Å². The second-order valence-electron chi connectivity index (χ2n) is 6.89. The molecule has 1 heterocycles. The highest BCUT2D eigenvalue weighted by atomic mass is 16.1. The first-order chi connectivity index (χ1) is 12.7. The van der Waals surface area contributed by atoms with Crippen LogP contribution in [0.3, 0.4) is 0 Å². The van der Waals surface area contributed by atoms with Gasteiger partial charge >= 0.3 is 0 Å². The second-order valence-corrected chi connectivity index (χ2v) is 6.89. The van der Waals surface area contributed by atoms with Gasteiger partial charge in [-0.05, 0) is 35.1 Å². The molecule has 3 aromatic rings. The number of nitrogens with one attached hydrogen (secondary N) is 1. The predicted octanol–water partition coefficient (Wildman–Crippen LogP) is 3.36. The normalized spacial score (nSPS) is 13.6. The Hall–Kier alpha value is -2.88. The molecule has 4 heteroatoms. The van der Waals surface area contributed by atoms with Crippen LogP contribution in [0.25, 0.3) is 0 Å². The number of carbonyl (C=O) groups is 1. The minimum atomic E-state index is 0.0597. The van der Waals surface area contributed by atoms with E-state index in [1.54, 1.807) is 6.20 Å². The third kappa shape index (κ3) is 3.27. The number of rotatable bonds is 4. The first-order valence-electron chi connectivity index (χ1n) is 9.11. The highest BCUT2D eigenvalue weighted by Gasteiger charge is 2.25. The van der Waals surface area contributed by atoms with Gasteiger partial charge in [-0.2, -0.15) is 0 Å². The molecule has 4 nitrogen and oxygen atoms in total. The average molecular weight is 345 g/mol. The smallest absolute Gasteiger partial charge is 0.221 e. The molecule has 1 aliphatic rings. The first-order valence-corrected chi connectivity index (χ1v) is 9.11. The molecule has 0 unspecified atom stereocenters. The van der Waals surface area contributed by atoms with Gasteiger partial charge in [-0.3, -0.25) is 4.79 Å². The van der Waals surface area contributed by atoms with Gasteiger partial charge in [0, 0.05) is 31.8 Å². The lowest BCUT2D eigenvalue weighted by molar-refractivity contribution is -0.121. The molecule has 0 saturated carbocycles. The number of carbonyl (C=O) groups excluding carboxylic acids is 1. The maximum Gasteiger partial charge on any atom is 0.221 e. The molecule has 0 saturated heterocycles. The lowest BCUT2D eigenvalue weighted by Crippen LogP contribution is -2.26. The van der Waals surface area contributed by atoms with Crippen LogP contribution in [0, 0.1) is 0 Å². The summed E-state index contributed by atoms with van der Waals surface area (Å²) in [6, 6.07) is 17.1. The highest BCUT2D eigenvalue weighted by molar-refractivity contribution is 5.77. The first kappa shape index (κ1) is 16.6. The Bertz CT molecular complexity index is 881. The number of hydrogen-bond donors (Lipinski definition) is 1. The molecular formula is C22H23N3O. The summed E-state index contributed by atoms with van der Waals surface area (Å²) < 4.78 is 1.93. The van der Waals surface area contributed by atoms with Crippen LogP contribution in [0.2, 0.25) is 0 Å². The van der Waals surface area contributed by atoms with Crippen molar-refractivity contribution in [3.63, 3.8) is 0 Å². The van der Waals surface area contributed by atoms with Crippen LogP contribution in [0.5, 0.6) is 0 Å². The van der Waals surface area contributed by atoms with E-state index in [-0.39, 0.29) is 11.8 Å². The fraction of sp³-hybridized carbons (Fsp3) is 0.273. The number of hydrogen-bond acceptors (Lipinski definition) is 2. The van der Waals surface area contributed by atoms with Crippen LogP contribution in [-0.2, 0) is 31.2 Å². The summed E-state index contributed by atoms with van der Waals surface area (Å²) >= 11 is 0. The molecule has 26 heavy (non-hydrogen) atoms. The van der Waals surface area contributed by atoms with E-state index in [0.29, 0.717) is 13.0 Å². The number of fused-ring (bicyclic) bond motifs is 2. The van der Waals surface area contributed by atoms with Crippen LogP contribution >= 0.6 is 0 Å².